The van der Waals surface area contributed by atoms with Gasteiger partial charge in [0.2, 0.25) is 0 Å². The van der Waals surface area contributed by atoms with E-state index in [1.165, 1.54) is 25.8 Å². The second-order valence-corrected chi connectivity index (χ2v) is 6.08. The number of likely N-dealkylation sites (N-methyl/N-ethyl adjacent to an activating group) is 2. The molecule has 2 saturated heterocycles. The van der Waals surface area contributed by atoms with E-state index in [0.717, 1.165) is 13.0 Å². The second kappa shape index (κ2) is 6.33. The summed E-state index contributed by atoms with van der Waals surface area (Å²) in [7, 11) is 4.44. The lowest BCUT2D eigenvalue weighted by atomic mass is 10.1. The molecule has 0 aromatic rings. The Hall–Kier alpha value is -0.160. The molecule has 0 amide bonds. The van der Waals surface area contributed by atoms with Crippen LogP contribution in [0.1, 0.15) is 32.6 Å². The molecule has 0 aromatic heterocycles. The lowest BCUT2D eigenvalue weighted by molar-refractivity contribution is -0.00148. The van der Waals surface area contributed by atoms with Gasteiger partial charge >= 0.3 is 0 Å². The van der Waals surface area contributed by atoms with Crippen molar-refractivity contribution < 1.29 is 4.74 Å². The summed E-state index contributed by atoms with van der Waals surface area (Å²) in [6.07, 6.45) is 5.74. The molecule has 4 atom stereocenters. The Morgan fingerprint density at radius 3 is 2.67 bits per heavy atom. The Bertz CT molecular complexity index is 261. The summed E-state index contributed by atoms with van der Waals surface area (Å²) in [6, 6.07) is 1.08. The summed E-state index contributed by atoms with van der Waals surface area (Å²) in [5, 5.41) is 0. The minimum Gasteiger partial charge on any atom is -0.374 e. The van der Waals surface area contributed by atoms with E-state index in [9.17, 15) is 0 Å². The Morgan fingerprint density at radius 2 is 2.17 bits per heavy atom. The molecule has 2 aliphatic heterocycles. The van der Waals surface area contributed by atoms with Gasteiger partial charge in [-0.05, 0) is 53.2 Å². The molecule has 2 fully saturated rings. The van der Waals surface area contributed by atoms with Crippen molar-refractivity contribution >= 4 is 0 Å². The monoisotopic (exact) mass is 255 g/mol. The van der Waals surface area contributed by atoms with Crippen molar-refractivity contribution in [3.05, 3.63) is 0 Å². The average Bonchev–Trinajstić information content (AvgIpc) is 2.91. The smallest absolute Gasteiger partial charge is 0.0746 e. The van der Waals surface area contributed by atoms with Crippen molar-refractivity contribution in [3.63, 3.8) is 0 Å². The van der Waals surface area contributed by atoms with Crippen molar-refractivity contribution in [2.24, 2.45) is 5.73 Å². The zero-order valence-corrected chi connectivity index (χ0v) is 12.1. The van der Waals surface area contributed by atoms with Crippen LogP contribution in [0.2, 0.25) is 0 Å². The van der Waals surface area contributed by atoms with Crippen LogP contribution in [-0.2, 0) is 4.74 Å². The largest absolute Gasteiger partial charge is 0.374 e. The highest BCUT2D eigenvalue weighted by atomic mass is 16.5. The second-order valence-electron chi connectivity index (χ2n) is 6.08. The molecule has 2 heterocycles. The number of ether oxygens (including phenoxy) is 1. The molecule has 0 saturated carbocycles. The Balaban J connectivity index is 1.86. The van der Waals surface area contributed by atoms with Crippen molar-refractivity contribution in [3.8, 4) is 0 Å². The molecule has 2 N–H and O–H groups in total. The first kappa shape index (κ1) is 14.3. The zero-order valence-electron chi connectivity index (χ0n) is 12.1. The Labute approximate surface area is 111 Å². The fourth-order valence-electron chi connectivity index (χ4n) is 3.41. The van der Waals surface area contributed by atoms with E-state index in [4.69, 9.17) is 10.5 Å². The first-order valence-corrected chi connectivity index (χ1v) is 7.37. The molecule has 0 radical (unpaired) electrons. The number of rotatable bonds is 5. The quantitative estimate of drug-likeness (QED) is 0.793. The number of hydrogen-bond donors (Lipinski definition) is 1. The molecule has 2 aliphatic rings. The number of nitrogens with zero attached hydrogens (tertiary/aromatic N) is 2. The third-order valence-electron chi connectivity index (χ3n) is 4.67. The van der Waals surface area contributed by atoms with Crippen LogP contribution in [0.15, 0.2) is 0 Å². The van der Waals surface area contributed by atoms with Crippen molar-refractivity contribution in [1.29, 1.82) is 0 Å². The summed E-state index contributed by atoms with van der Waals surface area (Å²) < 4.78 is 5.99. The van der Waals surface area contributed by atoms with E-state index in [1.54, 1.807) is 0 Å². The lowest BCUT2D eigenvalue weighted by Gasteiger charge is -2.34. The molecule has 0 aliphatic carbocycles. The van der Waals surface area contributed by atoms with Crippen LogP contribution < -0.4 is 5.73 Å². The Morgan fingerprint density at radius 1 is 1.39 bits per heavy atom. The molecule has 4 nitrogen and oxygen atoms in total. The van der Waals surface area contributed by atoms with Crippen molar-refractivity contribution in [2.75, 3.05) is 33.7 Å². The van der Waals surface area contributed by atoms with Crippen LogP contribution >= 0.6 is 0 Å². The molecular formula is C14H29N3O. The van der Waals surface area contributed by atoms with Gasteiger partial charge in [0.05, 0.1) is 12.2 Å². The molecule has 18 heavy (non-hydrogen) atoms. The van der Waals surface area contributed by atoms with Gasteiger partial charge in [-0.15, -0.1) is 0 Å². The summed E-state index contributed by atoms with van der Waals surface area (Å²) in [5.41, 5.74) is 5.97. The van der Waals surface area contributed by atoms with Gasteiger partial charge in [-0.3, -0.25) is 4.90 Å². The van der Waals surface area contributed by atoms with Crippen LogP contribution in [0.25, 0.3) is 0 Å². The fraction of sp³-hybridized carbons (Fsp3) is 1.00. The summed E-state index contributed by atoms with van der Waals surface area (Å²) in [5.74, 6) is 0. The summed E-state index contributed by atoms with van der Waals surface area (Å²) in [6.45, 7) is 5.22. The van der Waals surface area contributed by atoms with Gasteiger partial charge in [0.1, 0.15) is 0 Å². The minimum atomic E-state index is 0.335. The summed E-state index contributed by atoms with van der Waals surface area (Å²) >= 11 is 0. The zero-order chi connectivity index (χ0) is 13.1. The van der Waals surface area contributed by atoms with Gasteiger partial charge in [0, 0.05) is 25.2 Å². The van der Waals surface area contributed by atoms with Crippen LogP contribution in [0.3, 0.4) is 0 Å². The van der Waals surface area contributed by atoms with E-state index in [0.29, 0.717) is 30.8 Å². The third-order valence-corrected chi connectivity index (χ3v) is 4.67. The molecule has 106 valence electrons. The first-order chi connectivity index (χ1) is 8.61. The minimum absolute atomic E-state index is 0.335. The molecule has 4 heteroatoms. The molecule has 0 aromatic carbocycles. The maximum Gasteiger partial charge on any atom is 0.0746 e. The van der Waals surface area contributed by atoms with E-state index in [2.05, 4.69) is 30.8 Å². The molecule has 4 unspecified atom stereocenters. The highest BCUT2D eigenvalue weighted by Gasteiger charge is 2.33. The normalized spacial score (nSPS) is 35.5. The van der Waals surface area contributed by atoms with E-state index in [1.807, 2.05) is 0 Å². The number of nitrogens with two attached hydrogens (primary N) is 1. The predicted octanol–water partition coefficient (Wildman–Crippen LogP) is 0.907. The first-order valence-electron chi connectivity index (χ1n) is 7.37. The van der Waals surface area contributed by atoms with Gasteiger partial charge in [-0.1, -0.05) is 0 Å². The number of hydrogen-bond acceptors (Lipinski definition) is 4. The van der Waals surface area contributed by atoms with E-state index >= 15 is 0 Å². The van der Waals surface area contributed by atoms with Gasteiger partial charge in [-0.2, -0.15) is 0 Å². The highest BCUT2D eigenvalue weighted by molar-refractivity contribution is 4.87. The van der Waals surface area contributed by atoms with Crippen LogP contribution in [-0.4, -0.2) is 67.8 Å². The van der Waals surface area contributed by atoms with E-state index in [-0.39, 0.29) is 0 Å². The van der Waals surface area contributed by atoms with Gasteiger partial charge in [-0.25, -0.2) is 0 Å². The molecule has 0 bridgehead atoms. The van der Waals surface area contributed by atoms with Gasteiger partial charge < -0.3 is 15.4 Å². The Kier molecular flexibility index (Phi) is 5.01. The van der Waals surface area contributed by atoms with Crippen LogP contribution in [0.5, 0.6) is 0 Å². The lowest BCUT2D eigenvalue weighted by Crippen LogP contribution is -2.50. The average molecular weight is 255 g/mol. The maximum absolute atomic E-state index is 5.99. The third kappa shape index (κ3) is 3.23. The number of likely N-dealkylation sites (tertiary alicyclic amines) is 1. The highest BCUT2D eigenvalue weighted by Crippen LogP contribution is 2.25. The van der Waals surface area contributed by atoms with Crippen LogP contribution in [0.4, 0.5) is 0 Å². The molecule has 2 rings (SSSR count). The van der Waals surface area contributed by atoms with Crippen molar-refractivity contribution in [1.82, 2.24) is 9.80 Å². The SMILES string of the molecule is CC1CCC(C(CN)N(C)CC2CCCN2C)O1. The van der Waals surface area contributed by atoms with Crippen molar-refractivity contribution in [2.45, 2.75) is 56.9 Å². The maximum atomic E-state index is 5.99. The standard InChI is InChI=1S/C14H29N3O/c1-11-6-7-14(18-11)13(9-15)17(3)10-12-5-4-8-16(12)2/h11-14H,4-10,15H2,1-3H3. The van der Waals surface area contributed by atoms with Gasteiger partial charge in [0.25, 0.3) is 0 Å². The predicted molar refractivity (Wildman–Crippen MR) is 74.7 cm³/mol. The molecule has 0 spiro atoms. The fourth-order valence-corrected chi connectivity index (χ4v) is 3.41. The van der Waals surface area contributed by atoms with E-state index < -0.39 is 0 Å². The summed E-state index contributed by atoms with van der Waals surface area (Å²) in [4.78, 5) is 4.90. The van der Waals surface area contributed by atoms with Gasteiger partial charge in [0.15, 0.2) is 0 Å². The topological polar surface area (TPSA) is 41.7 Å². The molecular weight excluding hydrogens is 226 g/mol. The van der Waals surface area contributed by atoms with Crippen LogP contribution in [0, 0.1) is 0 Å².